The van der Waals surface area contributed by atoms with Gasteiger partial charge in [0.2, 0.25) is 5.91 Å². The van der Waals surface area contributed by atoms with Crippen molar-refractivity contribution in [3.63, 3.8) is 0 Å². The normalized spacial score (nSPS) is 12.8. The van der Waals surface area contributed by atoms with Gasteiger partial charge in [-0.15, -0.1) is 0 Å². The van der Waals surface area contributed by atoms with E-state index in [1.165, 1.54) is 6.20 Å². The SMILES string of the molecule is Cc1cc(C(Nc2ccc3c(N(C(=O)OC(C)(C)C)C(=O)OC(C)(C)C)nccc3c2)C(=O)NC(CC(=O)O)c2cccc(N)c2)cc(C)c1CCO. The molecular formula is C40H49N5O8. The van der Waals surface area contributed by atoms with Gasteiger partial charge in [0.15, 0.2) is 5.82 Å². The second-order valence-electron chi connectivity index (χ2n) is 14.9. The first-order valence-electron chi connectivity index (χ1n) is 17.3. The van der Waals surface area contributed by atoms with E-state index in [4.69, 9.17) is 15.2 Å². The van der Waals surface area contributed by atoms with Crippen molar-refractivity contribution in [2.45, 2.75) is 91.5 Å². The lowest BCUT2D eigenvalue weighted by Gasteiger charge is -2.28. The Balaban J connectivity index is 1.79. The Bertz CT molecular complexity index is 1950. The number of hydrogen-bond donors (Lipinski definition) is 5. The molecule has 0 bridgehead atoms. The van der Waals surface area contributed by atoms with E-state index >= 15 is 0 Å². The molecule has 4 aromatic rings. The lowest BCUT2D eigenvalue weighted by atomic mass is 9.93. The lowest BCUT2D eigenvalue weighted by Crippen LogP contribution is -2.44. The molecule has 0 saturated carbocycles. The zero-order valence-electron chi connectivity index (χ0n) is 31.4. The third-order valence-corrected chi connectivity index (χ3v) is 8.10. The summed E-state index contributed by atoms with van der Waals surface area (Å²) in [6, 6.07) is 15.3. The molecule has 0 aliphatic rings. The zero-order chi connectivity index (χ0) is 39.2. The van der Waals surface area contributed by atoms with Gasteiger partial charge in [-0.3, -0.25) is 9.59 Å². The molecule has 3 amide bonds. The maximum Gasteiger partial charge on any atom is 0.425 e. The number of aryl methyl sites for hydroxylation is 2. The van der Waals surface area contributed by atoms with Crippen LogP contribution in [0.3, 0.4) is 0 Å². The van der Waals surface area contributed by atoms with E-state index in [1.807, 2.05) is 26.0 Å². The summed E-state index contributed by atoms with van der Waals surface area (Å²) in [5.41, 5.74) is 8.96. The number of carbonyl (C=O) groups is 4. The Morgan fingerprint density at radius 3 is 2.04 bits per heavy atom. The summed E-state index contributed by atoms with van der Waals surface area (Å²) in [4.78, 5) is 58.1. The Morgan fingerprint density at radius 2 is 1.49 bits per heavy atom. The minimum Gasteiger partial charge on any atom is -0.481 e. The number of pyridine rings is 1. The third kappa shape index (κ3) is 10.7. The van der Waals surface area contributed by atoms with Crippen molar-refractivity contribution in [3.05, 3.63) is 94.7 Å². The molecule has 1 aromatic heterocycles. The van der Waals surface area contributed by atoms with Gasteiger partial charge in [-0.1, -0.05) is 24.3 Å². The number of imide groups is 1. The number of benzene rings is 3. The average Bonchev–Trinajstić information content (AvgIpc) is 3.03. The molecule has 4 rings (SSSR count). The molecule has 1 heterocycles. The fraction of sp³-hybridized carbons (Fsp3) is 0.375. The lowest BCUT2D eigenvalue weighted by molar-refractivity contribution is -0.137. The number of nitrogens with two attached hydrogens (primary N) is 1. The molecule has 0 fully saturated rings. The molecular weight excluding hydrogens is 678 g/mol. The Kier molecular flexibility index (Phi) is 12.3. The number of aliphatic hydroxyl groups excluding tert-OH is 1. The predicted molar refractivity (Wildman–Crippen MR) is 204 cm³/mol. The first-order valence-corrected chi connectivity index (χ1v) is 17.3. The number of carboxylic acid groups (broad SMARTS) is 1. The van der Waals surface area contributed by atoms with E-state index in [2.05, 4.69) is 15.6 Å². The van der Waals surface area contributed by atoms with Gasteiger partial charge in [-0.25, -0.2) is 14.6 Å². The van der Waals surface area contributed by atoms with Crippen LogP contribution in [0.4, 0.5) is 26.8 Å². The Labute approximate surface area is 309 Å². The van der Waals surface area contributed by atoms with Crippen LogP contribution >= 0.6 is 0 Å². The van der Waals surface area contributed by atoms with Crippen LogP contribution in [0.15, 0.2) is 66.9 Å². The summed E-state index contributed by atoms with van der Waals surface area (Å²) < 4.78 is 11.1. The number of ether oxygens (including phenoxy) is 2. The fourth-order valence-corrected chi connectivity index (χ4v) is 5.92. The number of anilines is 3. The molecule has 3 aromatic carbocycles. The van der Waals surface area contributed by atoms with Gasteiger partial charge in [0, 0.05) is 29.6 Å². The minimum absolute atomic E-state index is 0.00351. The van der Waals surface area contributed by atoms with Gasteiger partial charge in [0.1, 0.15) is 17.2 Å². The van der Waals surface area contributed by atoms with Crippen LogP contribution in [0.1, 0.15) is 87.9 Å². The van der Waals surface area contributed by atoms with Gasteiger partial charge >= 0.3 is 18.2 Å². The highest BCUT2D eigenvalue weighted by Gasteiger charge is 2.35. The molecule has 53 heavy (non-hydrogen) atoms. The number of hydrogen-bond acceptors (Lipinski definition) is 10. The van der Waals surface area contributed by atoms with Crippen molar-refractivity contribution in [1.82, 2.24) is 10.3 Å². The first kappa shape index (κ1) is 40.1. The van der Waals surface area contributed by atoms with Crippen LogP contribution in [0.2, 0.25) is 0 Å². The van der Waals surface area contributed by atoms with E-state index in [0.29, 0.717) is 39.7 Å². The van der Waals surface area contributed by atoms with Crippen molar-refractivity contribution in [1.29, 1.82) is 0 Å². The number of aliphatic hydroxyl groups is 1. The van der Waals surface area contributed by atoms with Crippen molar-refractivity contribution in [2.24, 2.45) is 0 Å². The third-order valence-electron chi connectivity index (χ3n) is 8.10. The number of fused-ring (bicyclic) bond motifs is 1. The summed E-state index contributed by atoms with van der Waals surface area (Å²) in [6.07, 6.45) is -0.410. The standard InChI is InChI=1S/C40H49N5O8/c1-23-18-27(19-24(2)30(23)15-17-46)34(36(49)44-32(22-33(47)48)26-10-9-11-28(41)20-26)43-29-12-13-31-25(21-29)14-16-42-35(31)45(37(50)52-39(3,4)5)38(51)53-40(6,7)8/h9-14,16,18-21,32,34,43,46H,15,17,22,41H2,1-8H3,(H,44,49)(H,47,48). The highest BCUT2D eigenvalue weighted by Crippen LogP contribution is 2.32. The number of carbonyl (C=O) groups excluding carboxylic acids is 3. The zero-order valence-corrected chi connectivity index (χ0v) is 31.4. The van der Waals surface area contributed by atoms with Gasteiger partial charge in [-0.2, -0.15) is 4.90 Å². The van der Waals surface area contributed by atoms with Crippen molar-refractivity contribution < 1.29 is 38.9 Å². The van der Waals surface area contributed by atoms with Crippen molar-refractivity contribution >= 4 is 52.0 Å². The van der Waals surface area contributed by atoms with E-state index in [9.17, 15) is 29.4 Å². The molecule has 282 valence electrons. The van der Waals surface area contributed by atoms with E-state index in [-0.39, 0.29) is 18.8 Å². The number of nitrogen functional groups attached to an aromatic ring is 1. The summed E-state index contributed by atoms with van der Waals surface area (Å²) >= 11 is 0. The number of amides is 3. The second kappa shape index (κ2) is 16.3. The highest BCUT2D eigenvalue weighted by molar-refractivity contribution is 6.14. The Hall–Kier alpha value is -5.69. The topological polar surface area (TPSA) is 193 Å². The molecule has 0 spiro atoms. The summed E-state index contributed by atoms with van der Waals surface area (Å²) in [5.74, 6) is -1.60. The number of carboxylic acids is 1. The number of nitrogens with one attached hydrogen (secondary N) is 2. The molecule has 0 aliphatic heterocycles. The Morgan fingerprint density at radius 1 is 0.868 bits per heavy atom. The van der Waals surface area contributed by atoms with Gasteiger partial charge in [-0.05, 0) is 131 Å². The van der Waals surface area contributed by atoms with Crippen LogP contribution in [0.5, 0.6) is 0 Å². The average molecular weight is 728 g/mol. The number of nitrogens with zero attached hydrogens (tertiary/aromatic N) is 2. The largest absolute Gasteiger partial charge is 0.481 e. The van der Waals surface area contributed by atoms with E-state index in [1.54, 1.807) is 90.1 Å². The highest BCUT2D eigenvalue weighted by atomic mass is 16.6. The van der Waals surface area contributed by atoms with Crippen LogP contribution in [-0.2, 0) is 25.5 Å². The van der Waals surface area contributed by atoms with Crippen LogP contribution < -0.4 is 21.3 Å². The fourth-order valence-electron chi connectivity index (χ4n) is 5.92. The van der Waals surface area contributed by atoms with Gasteiger partial charge in [0.25, 0.3) is 0 Å². The minimum atomic E-state index is -1.10. The van der Waals surface area contributed by atoms with E-state index in [0.717, 1.165) is 21.6 Å². The van der Waals surface area contributed by atoms with Crippen molar-refractivity contribution in [2.75, 3.05) is 22.6 Å². The van der Waals surface area contributed by atoms with Gasteiger partial charge < -0.3 is 36.1 Å². The molecule has 2 atom stereocenters. The molecule has 13 heteroatoms. The van der Waals surface area contributed by atoms with Crippen LogP contribution in [-0.4, -0.2) is 57.1 Å². The molecule has 0 aliphatic carbocycles. The van der Waals surface area contributed by atoms with Crippen molar-refractivity contribution in [3.8, 4) is 0 Å². The summed E-state index contributed by atoms with van der Waals surface area (Å²) in [5, 5.41) is 26.6. The van der Waals surface area contributed by atoms with Crippen LogP contribution in [0, 0.1) is 13.8 Å². The number of aromatic nitrogens is 1. The number of rotatable bonds is 11. The van der Waals surface area contributed by atoms with Gasteiger partial charge in [0.05, 0.1) is 12.5 Å². The molecule has 2 unspecified atom stereocenters. The summed E-state index contributed by atoms with van der Waals surface area (Å²) in [6.45, 7) is 13.9. The molecule has 0 saturated heterocycles. The predicted octanol–water partition coefficient (Wildman–Crippen LogP) is 7.13. The van der Waals surface area contributed by atoms with Crippen LogP contribution in [0.25, 0.3) is 10.8 Å². The molecule has 13 nitrogen and oxygen atoms in total. The molecule has 6 N–H and O–H groups in total. The smallest absolute Gasteiger partial charge is 0.425 e. The quantitative estimate of drug-likeness (QED) is 0.0987. The number of aliphatic carboxylic acids is 1. The monoisotopic (exact) mass is 727 g/mol. The first-order chi connectivity index (χ1) is 24.8. The maximum absolute atomic E-state index is 14.3. The second-order valence-corrected chi connectivity index (χ2v) is 14.9. The van der Waals surface area contributed by atoms with E-state index < -0.39 is 47.3 Å². The molecule has 0 radical (unpaired) electrons. The summed E-state index contributed by atoms with van der Waals surface area (Å²) in [7, 11) is 0. The maximum atomic E-state index is 14.3.